The predicted octanol–water partition coefficient (Wildman–Crippen LogP) is 2.21. The van der Waals surface area contributed by atoms with E-state index in [0.29, 0.717) is 37.2 Å². The number of phenols is 1. The maximum Gasteiger partial charge on any atom is 0.341 e. The number of aryl methyl sites for hydroxylation is 1. The van der Waals surface area contributed by atoms with Crippen LogP contribution < -0.4 is 15.8 Å². The molecule has 0 atom stereocenters. The number of carboxylic acid groups (broad SMARTS) is 1. The van der Waals surface area contributed by atoms with Crippen LogP contribution in [-0.4, -0.2) is 37.7 Å². The lowest BCUT2D eigenvalue weighted by atomic mass is 10.1. The zero-order chi connectivity index (χ0) is 20.0. The minimum Gasteiger partial charge on any atom is -0.507 e. The second kappa shape index (κ2) is 8.74. The molecule has 146 valence electrons. The number of carboxylic acids is 1. The Bertz CT molecular complexity index is 929. The second-order valence-electron chi connectivity index (χ2n) is 5.83. The summed E-state index contributed by atoms with van der Waals surface area (Å²) in [4.78, 5) is 11.5. The van der Waals surface area contributed by atoms with E-state index in [1.165, 1.54) is 18.2 Å². The average Bonchev–Trinajstić information content (AvgIpc) is 2.62. The average molecular weight is 393 g/mol. The van der Waals surface area contributed by atoms with Crippen molar-refractivity contribution in [1.82, 2.24) is 0 Å². The number of aromatic carboxylic acids is 1. The van der Waals surface area contributed by atoms with Gasteiger partial charge in [-0.3, -0.25) is 4.72 Å². The van der Waals surface area contributed by atoms with Crippen LogP contribution in [0.15, 0.2) is 41.3 Å². The fourth-order valence-corrected chi connectivity index (χ4v) is 3.85. The lowest BCUT2D eigenvalue weighted by Gasteiger charge is -2.16. The van der Waals surface area contributed by atoms with Crippen LogP contribution in [0.1, 0.15) is 29.3 Å². The van der Waals surface area contributed by atoms with Crippen LogP contribution in [0.25, 0.3) is 0 Å². The number of nitrogens with one attached hydrogen (secondary N) is 2. The van der Waals surface area contributed by atoms with Gasteiger partial charge in [-0.05, 0) is 43.1 Å². The lowest BCUT2D eigenvalue weighted by molar-refractivity contribution is 0.0694. The Kier molecular flexibility index (Phi) is 6.65. The van der Waals surface area contributed by atoms with Gasteiger partial charge >= 0.3 is 5.97 Å². The molecule has 0 fully saturated rings. The molecule has 0 heterocycles. The van der Waals surface area contributed by atoms with E-state index in [9.17, 15) is 23.4 Å². The number of rotatable bonds is 9. The molecule has 8 nitrogen and oxygen atoms in total. The Morgan fingerprint density at radius 2 is 1.85 bits per heavy atom. The number of hydrogen-bond acceptors (Lipinski definition) is 6. The van der Waals surface area contributed by atoms with Crippen LogP contribution in [0.2, 0.25) is 0 Å². The van der Waals surface area contributed by atoms with Gasteiger partial charge in [-0.1, -0.05) is 25.1 Å². The first-order chi connectivity index (χ1) is 12.8. The van der Waals surface area contributed by atoms with Crippen molar-refractivity contribution >= 4 is 27.4 Å². The number of sulfonamides is 1. The molecule has 9 heteroatoms. The number of benzene rings is 2. The zero-order valence-corrected chi connectivity index (χ0v) is 15.7. The molecule has 0 saturated carbocycles. The molecule has 0 saturated heterocycles. The lowest BCUT2D eigenvalue weighted by Crippen LogP contribution is -2.18. The number of hydrogen-bond donors (Lipinski definition) is 5. The Balaban J connectivity index is 2.43. The zero-order valence-electron chi connectivity index (χ0n) is 14.9. The summed E-state index contributed by atoms with van der Waals surface area (Å²) in [5, 5.41) is 22.6. The molecule has 2 aromatic carbocycles. The number of nitrogens with two attached hydrogens (primary N) is 1. The van der Waals surface area contributed by atoms with Gasteiger partial charge < -0.3 is 21.3 Å². The maximum atomic E-state index is 12.8. The van der Waals surface area contributed by atoms with Gasteiger partial charge in [0.15, 0.2) is 0 Å². The highest BCUT2D eigenvalue weighted by Gasteiger charge is 2.24. The third-order valence-electron chi connectivity index (χ3n) is 3.97. The molecule has 0 aliphatic rings. The number of carbonyl (C=O) groups is 1. The van der Waals surface area contributed by atoms with Crippen LogP contribution >= 0.6 is 0 Å². The largest absolute Gasteiger partial charge is 0.507 e. The van der Waals surface area contributed by atoms with Crippen LogP contribution in [-0.2, 0) is 16.4 Å². The summed E-state index contributed by atoms with van der Waals surface area (Å²) in [6.07, 6.45) is 1.07. The Hall–Kier alpha value is -2.78. The first-order valence-electron chi connectivity index (χ1n) is 8.45. The summed E-state index contributed by atoms with van der Waals surface area (Å²) in [5.41, 5.74) is 5.57. The first kappa shape index (κ1) is 20.5. The highest BCUT2D eigenvalue weighted by Crippen LogP contribution is 2.32. The number of para-hydroxylation sites is 1. The maximum absolute atomic E-state index is 12.8. The van der Waals surface area contributed by atoms with Crippen molar-refractivity contribution in [3.63, 3.8) is 0 Å². The molecule has 0 radical (unpaired) electrons. The van der Waals surface area contributed by atoms with Crippen LogP contribution in [0.4, 0.5) is 11.4 Å². The second-order valence-corrected chi connectivity index (χ2v) is 7.48. The standard InChI is InChI=1S/C18H23N3O5S/c1-2-12-8-9-14(16(17(12)22)18(23)24)21-27(25,26)15-7-4-3-6-13(15)20-11-5-10-19/h3-4,6-9,20-22H,2,5,10-11,19H2,1H3,(H,23,24). The van der Waals surface area contributed by atoms with Gasteiger partial charge in [0, 0.05) is 6.54 Å². The van der Waals surface area contributed by atoms with Gasteiger partial charge in [0.05, 0.1) is 11.4 Å². The summed E-state index contributed by atoms with van der Waals surface area (Å²) in [5.74, 6) is -1.87. The molecular formula is C18H23N3O5S. The molecule has 0 unspecified atom stereocenters. The SMILES string of the molecule is CCc1ccc(NS(=O)(=O)c2ccccc2NCCCN)c(C(=O)O)c1O. The van der Waals surface area contributed by atoms with E-state index in [1.54, 1.807) is 25.1 Å². The molecule has 2 rings (SSSR count). The molecule has 0 amide bonds. The molecule has 6 N–H and O–H groups in total. The Morgan fingerprint density at radius 3 is 2.48 bits per heavy atom. The van der Waals surface area contributed by atoms with Gasteiger partial charge in [0.1, 0.15) is 16.2 Å². The van der Waals surface area contributed by atoms with E-state index < -0.39 is 27.3 Å². The Morgan fingerprint density at radius 1 is 1.15 bits per heavy atom. The van der Waals surface area contributed by atoms with Crippen molar-refractivity contribution in [3.8, 4) is 5.75 Å². The molecule has 27 heavy (non-hydrogen) atoms. The summed E-state index contributed by atoms with van der Waals surface area (Å²) in [6, 6.07) is 9.11. The van der Waals surface area contributed by atoms with Crippen molar-refractivity contribution in [2.24, 2.45) is 5.73 Å². The number of aromatic hydroxyl groups is 1. The van der Waals surface area contributed by atoms with Gasteiger partial charge in [0.25, 0.3) is 10.0 Å². The molecule has 0 aliphatic heterocycles. The van der Waals surface area contributed by atoms with Crippen LogP contribution in [0, 0.1) is 0 Å². The highest BCUT2D eigenvalue weighted by atomic mass is 32.2. The third-order valence-corrected chi connectivity index (χ3v) is 5.40. The topological polar surface area (TPSA) is 142 Å². The van der Waals surface area contributed by atoms with Crippen molar-refractivity contribution in [3.05, 3.63) is 47.5 Å². The minimum atomic E-state index is -4.09. The van der Waals surface area contributed by atoms with E-state index >= 15 is 0 Å². The van der Waals surface area contributed by atoms with Gasteiger partial charge in [-0.2, -0.15) is 0 Å². The van der Waals surface area contributed by atoms with Gasteiger partial charge in [-0.15, -0.1) is 0 Å². The van der Waals surface area contributed by atoms with Crippen molar-refractivity contribution in [1.29, 1.82) is 0 Å². The van der Waals surface area contributed by atoms with Crippen molar-refractivity contribution < 1.29 is 23.4 Å². The minimum absolute atomic E-state index is 0.0302. The normalized spacial score (nSPS) is 11.2. The quantitative estimate of drug-likeness (QED) is 0.411. The fraction of sp³-hybridized carbons (Fsp3) is 0.278. The molecule has 0 bridgehead atoms. The molecule has 0 spiro atoms. The molecule has 0 aliphatic carbocycles. The predicted molar refractivity (Wildman–Crippen MR) is 104 cm³/mol. The van der Waals surface area contributed by atoms with E-state index in [1.807, 2.05) is 0 Å². The van der Waals surface area contributed by atoms with E-state index in [-0.39, 0.29) is 10.6 Å². The first-order valence-corrected chi connectivity index (χ1v) is 9.94. The summed E-state index contributed by atoms with van der Waals surface area (Å²) >= 11 is 0. The van der Waals surface area contributed by atoms with Gasteiger partial charge in [0.2, 0.25) is 0 Å². The van der Waals surface area contributed by atoms with E-state index in [2.05, 4.69) is 10.0 Å². The molecule has 0 aromatic heterocycles. The van der Waals surface area contributed by atoms with Gasteiger partial charge in [-0.25, -0.2) is 13.2 Å². The smallest absolute Gasteiger partial charge is 0.341 e. The van der Waals surface area contributed by atoms with E-state index in [0.717, 1.165) is 0 Å². The molecule has 2 aromatic rings. The summed E-state index contributed by atoms with van der Waals surface area (Å²) in [7, 11) is -4.09. The van der Waals surface area contributed by atoms with Crippen LogP contribution in [0.5, 0.6) is 5.75 Å². The Labute approximate surface area is 158 Å². The monoisotopic (exact) mass is 393 g/mol. The summed E-state index contributed by atoms with van der Waals surface area (Å²) < 4.78 is 28.0. The van der Waals surface area contributed by atoms with Crippen LogP contribution in [0.3, 0.4) is 0 Å². The highest BCUT2D eigenvalue weighted by molar-refractivity contribution is 7.92. The number of anilines is 2. The third kappa shape index (κ3) is 4.69. The molecular weight excluding hydrogens is 370 g/mol. The van der Waals surface area contributed by atoms with E-state index in [4.69, 9.17) is 5.73 Å². The summed E-state index contributed by atoms with van der Waals surface area (Å²) in [6.45, 7) is 2.72. The van der Waals surface area contributed by atoms with Crippen molar-refractivity contribution in [2.45, 2.75) is 24.7 Å². The van der Waals surface area contributed by atoms with Crippen molar-refractivity contribution in [2.75, 3.05) is 23.1 Å². The fourth-order valence-electron chi connectivity index (χ4n) is 2.59.